The standard InChI is InChI=1S/C35H41N7O3/c36-21-25-3-7-27(8-4-25)32(43)20-30(35(44)40-31-12-9-28(10-13-31)34-38-23-39-41-34)19-24-1-5-26(6-2-24)29-11-14-33(37-22-29)42-15-17-45-18-16-42/h1-2,5-6,9-14,22,25,27,30H,3-4,7-8,15-21,23,36H2,(H,40,44)/t25?,27?,30-/m1/s1. The van der Waals surface area contributed by atoms with Crippen molar-refractivity contribution in [1.29, 1.82) is 0 Å². The number of amidine groups is 1. The number of amides is 1. The second-order valence-corrected chi connectivity index (χ2v) is 12.2. The maximum absolute atomic E-state index is 13.7. The zero-order valence-corrected chi connectivity index (χ0v) is 25.6. The number of pyridine rings is 1. The Morgan fingerprint density at radius 3 is 2.27 bits per heavy atom. The van der Waals surface area contributed by atoms with Gasteiger partial charge in [0.25, 0.3) is 0 Å². The van der Waals surface area contributed by atoms with Gasteiger partial charge in [0.15, 0.2) is 12.5 Å². The summed E-state index contributed by atoms with van der Waals surface area (Å²) in [5, 5.41) is 11.0. The van der Waals surface area contributed by atoms with Crippen LogP contribution in [-0.2, 0) is 20.7 Å². The fraction of sp³-hybridized carbons (Fsp3) is 0.429. The van der Waals surface area contributed by atoms with Gasteiger partial charge in [-0.25, -0.2) is 9.98 Å². The van der Waals surface area contributed by atoms with Crippen molar-refractivity contribution in [3.8, 4) is 11.1 Å². The normalized spacial score (nSPS) is 20.5. The lowest BCUT2D eigenvalue weighted by Crippen LogP contribution is -2.36. The van der Waals surface area contributed by atoms with Crippen molar-refractivity contribution in [1.82, 2.24) is 4.98 Å². The van der Waals surface area contributed by atoms with E-state index in [1.807, 2.05) is 42.6 Å². The van der Waals surface area contributed by atoms with Crippen molar-refractivity contribution in [2.24, 2.45) is 38.7 Å². The topological polar surface area (TPSA) is 135 Å². The zero-order valence-electron chi connectivity index (χ0n) is 25.6. The molecule has 6 rings (SSSR count). The molecular formula is C35H41N7O3. The number of carbonyl (C=O) groups is 2. The van der Waals surface area contributed by atoms with Gasteiger partial charge in [-0.15, -0.1) is 5.11 Å². The number of Topliss-reactive ketones (excluding diaryl/α,β-unsaturated/α-hetero) is 1. The lowest BCUT2D eigenvalue weighted by molar-refractivity contribution is -0.129. The van der Waals surface area contributed by atoms with Crippen LogP contribution < -0.4 is 16.0 Å². The molecule has 1 aromatic heterocycles. The highest BCUT2D eigenvalue weighted by Crippen LogP contribution is 2.31. The average molecular weight is 608 g/mol. The second kappa shape index (κ2) is 14.7. The average Bonchev–Trinajstić information content (AvgIpc) is 3.64. The third-order valence-electron chi connectivity index (χ3n) is 9.17. The largest absolute Gasteiger partial charge is 0.378 e. The fourth-order valence-electron chi connectivity index (χ4n) is 6.37. The van der Waals surface area contributed by atoms with Crippen LogP contribution in [0.1, 0.15) is 43.2 Å². The summed E-state index contributed by atoms with van der Waals surface area (Å²) in [7, 11) is 0. The van der Waals surface area contributed by atoms with Gasteiger partial charge in [0.2, 0.25) is 5.91 Å². The van der Waals surface area contributed by atoms with Crippen molar-refractivity contribution >= 4 is 29.0 Å². The first-order chi connectivity index (χ1) is 22.1. The number of ether oxygens (including phenoxy) is 1. The lowest BCUT2D eigenvalue weighted by atomic mass is 9.77. The molecule has 3 N–H and O–H groups in total. The molecule has 0 bridgehead atoms. The summed E-state index contributed by atoms with van der Waals surface area (Å²) in [6, 6.07) is 19.8. The highest BCUT2D eigenvalue weighted by Gasteiger charge is 2.30. The molecule has 2 aliphatic heterocycles. The molecule has 3 aliphatic rings. The summed E-state index contributed by atoms with van der Waals surface area (Å²) in [4.78, 5) is 38.3. The van der Waals surface area contributed by atoms with E-state index >= 15 is 0 Å². The Morgan fingerprint density at radius 2 is 1.62 bits per heavy atom. The van der Waals surface area contributed by atoms with Crippen LogP contribution in [0, 0.1) is 17.8 Å². The number of nitrogens with zero attached hydrogens (tertiary/aromatic N) is 5. The van der Waals surface area contributed by atoms with Gasteiger partial charge in [0.05, 0.1) is 13.2 Å². The van der Waals surface area contributed by atoms with E-state index in [1.165, 1.54) is 0 Å². The van der Waals surface area contributed by atoms with Crippen molar-refractivity contribution in [3.63, 3.8) is 0 Å². The first-order valence-corrected chi connectivity index (χ1v) is 16.0. The van der Waals surface area contributed by atoms with Crippen LogP contribution in [0.25, 0.3) is 11.1 Å². The maximum atomic E-state index is 13.7. The van der Waals surface area contributed by atoms with E-state index in [9.17, 15) is 9.59 Å². The van der Waals surface area contributed by atoms with E-state index in [0.717, 1.165) is 80.1 Å². The van der Waals surface area contributed by atoms with E-state index in [0.29, 0.717) is 37.1 Å². The number of morpholine rings is 1. The second-order valence-electron chi connectivity index (χ2n) is 12.2. The number of aromatic nitrogens is 1. The highest BCUT2D eigenvalue weighted by atomic mass is 16.5. The molecule has 10 nitrogen and oxygen atoms in total. The molecule has 3 heterocycles. The van der Waals surface area contributed by atoms with Crippen LogP contribution in [0.5, 0.6) is 0 Å². The van der Waals surface area contributed by atoms with E-state index in [2.05, 4.69) is 54.7 Å². The van der Waals surface area contributed by atoms with Crippen LogP contribution in [0.2, 0.25) is 0 Å². The minimum Gasteiger partial charge on any atom is -0.378 e. The number of nitrogens with one attached hydrogen (secondary N) is 1. The molecule has 45 heavy (non-hydrogen) atoms. The predicted molar refractivity (Wildman–Crippen MR) is 175 cm³/mol. The Bertz CT molecular complexity index is 1510. The minimum absolute atomic E-state index is 0.000885. The van der Waals surface area contributed by atoms with Gasteiger partial charge in [0.1, 0.15) is 11.6 Å². The third-order valence-corrected chi connectivity index (χ3v) is 9.17. The van der Waals surface area contributed by atoms with Crippen LogP contribution >= 0.6 is 0 Å². The summed E-state index contributed by atoms with van der Waals surface area (Å²) in [5.74, 6) is 1.58. The zero-order chi connectivity index (χ0) is 31.0. The fourth-order valence-corrected chi connectivity index (χ4v) is 6.37. The Labute approximate surface area is 264 Å². The summed E-state index contributed by atoms with van der Waals surface area (Å²) in [6.07, 6.45) is 6.25. The molecule has 10 heteroatoms. The Morgan fingerprint density at radius 1 is 0.911 bits per heavy atom. The van der Waals surface area contributed by atoms with Crippen molar-refractivity contribution in [3.05, 3.63) is 78.0 Å². The molecular weight excluding hydrogens is 566 g/mol. The van der Waals surface area contributed by atoms with Crippen molar-refractivity contribution in [2.75, 3.05) is 49.7 Å². The third kappa shape index (κ3) is 7.87. The number of aliphatic imine (C=N–C) groups is 1. The highest BCUT2D eigenvalue weighted by molar-refractivity contribution is 6.01. The Balaban J connectivity index is 1.13. The van der Waals surface area contributed by atoms with Gasteiger partial charge >= 0.3 is 0 Å². The van der Waals surface area contributed by atoms with E-state index in [-0.39, 0.29) is 24.0 Å². The monoisotopic (exact) mass is 607 g/mol. The molecule has 2 aromatic carbocycles. The molecule has 0 radical (unpaired) electrons. The quantitative estimate of drug-likeness (QED) is 0.305. The summed E-state index contributed by atoms with van der Waals surface area (Å²) >= 11 is 0. The first-order valence-electron chi connectivity index (χ1n) is 16.0. The van der Waals surface area contributed by atoms with Crippen LogP contribution in [0.15, 0.2) is 82.1 Å². The number of hydrogen-bond donors (Lipinski definition) is 2. The van der Waals surface area contributed by atoms with E-state index in [4.69, 9.17) is 10.5 Å². The van der Waals surface area contributed by atoms with Crippen LogP contribution in [0.4, 0.5) is 11.5 Å². The molecule has 2 fully saturated rings. The molecule has 1 atom stereocenters. The number of anilines is 2. The summed E-state index contributed by atoms with van der Waals surface area (Å²) < 4.78 is 5.45. The van der Waals surface area contributed by atoms with Gasteiger partial charge in [-0.3, -0.25) is 9.59 Å². The predicted octanol–water partition coefficient (Wildman–Crippen LogP) is 5.28. The lowest BCUT2D eigenvalue weighted by Gasteiger charge is -2.28. The SMILES string of the molecule is NCC1CCC(C(=O)C[C@@H](Cc2ccc(-c3ccc(N4CCOCC4)nc3)cc2)C(=O)Nc2ccc(C3=NCN=N3)cc2)CC1. The number of nitrogens with two attached hydrogens (primary N) is 1. The van der Waals surface area contributed by atoms with Gasteiger partial charge in [0, 0.05) is 54.4 Å². The van der Waals surface area contributed by atoms with Crippen molar-refractivity contribution in [2.45, 2.75) is 38.5 Å². The maximum Gasteiger partial charge on any atom is 0.228 e. The number of azo groups is 1. The van der Waals surface area contributed by atoms with E-state index < -0.39 is 5.92 Å². The summed E-state index contributed by atoms with van der Waals surface area (Å²) in [6.45, 7) is 4.16. The van der Waals surface area contributed by atoms with Gasteiger partial charge in [-0.2, -0.15) is 5.11 Å². The van der Waals surface area contributed by atoms with Crippen LogP contribution in [-0.4, -0.2) is 62.0 Å². The Hall–Kier alpha value is -4.28. The van der Waals surface area contributed by atoms with Crippen LogP contribution in [0.3, 0.4) is 0 Å². The summed E-state index contributed by atoms with van der Waals surface area (Å²) in [5.41, 5.74) is 10.5. The number of rotatable bonds is 11. The van der Waals surface area contributed by atoms with Gasteiger partial charge in [-0.1, -0.05) is 24.3 Å². The smallest absolute Gasteiger partial charge is 0.228 e. The number of hydrogen-bond acceptors (Lipinski definition) is 9. The molecule has 234 valence electrons. The van der Waals surface area contributed by atoms with Crippen molar-refractivity contribution < 1.29 is 14.3 Å². The molecule has 1 amide bonds. The minimum atomic E-state index is -0.488. The number of benzene rings is 2. The number of carbonyl (C=O) groups excluding carboxylic acids is 2. The molecule has 1 saturated carbocycles. The van der Waals surface area contributed by atoms with Gasteiger partial charge < -0.3 is 20.7 Å². The number of ketones is 1. The molecule has 3 aromatic rings. The Kier molecular flexibility index (Phi) is 10.0. The van der Waals surface area contributed by atoms with Gasteiger partial charge in [-0.05, 0) is 92.1 Å². The molecule has 1 saturated heterocycles. The van der Waals surface area contributed by atoms with E-state index in [1.54, 1.807) is 0 Å². The first kappa shape index (κ1) is 30.7. The molecule has 0 unspecified atom stereocenters. The molecule has 1 aliphatic carbocycles. The molecule has 0 spiro atoms.